The van der Waals surface area contributed by atoms with Crippen LogP contribution in [0, 0.1) is 11.6 Å². The second kappa shape index (κ2) is 7.24. The van der Waals surface area contributed by atoms with Crippen LogP contribution in [-0.2, 0) is 13.1 Å². The molecule has 2 aromatic rings. The minimum atomic E-state index is -0.795. The summed E-state index contributed by atoms with van der Waals surface area (Å²) < 4.78 is 28.4. The van der Waals surface area contributed by atoms with Gasteiger partial charge in [0.05, 0.1) is 18.7 Å². The number of pyridine rings is 1. The highest BCUT2D eigenvalue weighted by Gasteiger charge is 2.50. The summed E-state index contributed by atoms with van der Waals surface area (Å²) >= 11 is 0. The van der Waals surface area contributed by atoms with E-state index in [0.717, 1.165) is 18.2 Å². The Balaban J connectivity index is 1.38. The van der Waals surface area contributed by atoms with E-state index in [1.165, 1.54) is 12.3 Å². The molecule has 2 N–H and O–H groups in total. The van der Waals surface area contributed by atoms with Crippen LogP contribution in [0.3, 0.4) is 0 Å². The van der Waals surface area contributed by atoms with E-state index in [0.29, 0.717) is 26.1 Å². The first-order valence-electron chi connectivity index (χ1n) is 10.0. The molecule has 2 fully saturated rings. The molecule has 1 aromatic carbocycles. The Hall–Kier alpha value is -3.11. The van der Waals surface area contributed by atoms with Crippen LogP contribution in [0.1, 0.15) is 32.8 Å². The molecule has 1 unspecified atom stereocenters. The fourth-order valence-corrected chi connectivity index (χ4v) is 4.72. The lowest BCUT2D eigenvalue weighted by Gasteiger charge is -2.35. The predicted octanol–water partition coefficient (Wildman–Crippen LogP) is 0.287. The van der Waals surface area contributed by atoms with Crippen LogP contribution in [-0.4, -0.2) is 62.7 Å². The predicted molar refractivity (Wildman–Crippen MR) is 104 cm³/mol. The van der Waals surface area contributed by atoms with Gasteiger partial charge in [-0.3, -0.25) is 19.3 Å². The van der Waals surface area contributed by atoms with E-state index in [1.807, 2.05) is 0 Å². The van der Waals surface area contributed by atoms with Crippen molar-refractivity contribution in [2.24, 2.45) is 0 Å². The summed E-state index contributed by atoms with van der Waals surface area (Å²) in [5, 5.41) is 12.6. The van der Waals surface area contributed by atoms with Gasteiger partial charge in [-0.25, -0.2) is 8.78 Å². The Morgan fingerprint density at radius 1 is 1.19 bits per heavy atom. The summed E-state index contributed by atoms with van der Waals surface area (Å²) in [4.78, 5) is 41.8. The second-order valence-electron chi connectivity index (χ2n) is 8.11. The van der Waals surface area contributed by atoms with E-state index in [2.05, 4.69) is 10.2 Å². The zero-order chi connectivity index (χ0) is 21.9. The summed E-state index contributed by atoms with van der Waals surface area (Å²) in [5.74, 6) is -2.54. The summed E-state index contributed by atoms with van der Waals surface area (Å²) in [6, 6.07) is 4.05. The lowest BCUT2D eigenvalue weighted by molar-refractivity contribution is 0.0518. The SMILES string of the molecule is O=C(NCc1ccc(F)cc1F)c1cn2c(cc1=O)C(=O)N1C[C@@H]3C(O)CCN3[C@@H]1C2. The maximum Gasteiger partial charge on any atom is 0.271 e. The minimum absolute atomic E-state index is 0.0863. The lowest BCUT2D eigenvalue weighted by Crippen LogP contribution is -2.50. The molecule has 4 heterocycles. The molecule has 8 nitrogen and oxygen atoms in total. The van der Waals surface area contributed by atoms with E-state index in [1.54, 1.807) is 9.47 Å². The van der Waals surface area contributed by atoms with Gasteiger partial charge in [0.15, 0.2) is 5.43 Å². The highest BCUT2D eigenvalue weighted by Crippen LogP contribution is 2.33. The van der Waals surface area contributed by atoms with Crippen LogP contribution in [0.25, 0.3) is 0 Å². The van der Waals surface area contributed by atoms with E-state index >= 15 is 0 Å². The molecule has 0 saturated carbocycles. The lowest BCUT2D eigenvalue weighted by atomic mass is 10.1. The van der Waals surface area contributed by atoms with Crippen molar-refractivity contribution in [2.75, 3.05) is 13.1 Å². The number of carbonyl (C=O) groups is 2. The van der Waals surface area contributed by atoms with Crippen LogP contribution in [0.2, 0.25) is 0 Å². The Labute approximate surface area is 175 Å². The van der Waals surface area contributed by atoms with Gasteiger partial charge in [-0.1, -0.05) is 6.07 Å². The van der Waals surface area contributed by atoms with Crippen LogP contribution in [0.4, 0.5) is 8.78 Å². The molecule has 5 rings (SSSR count). The van der Waals surface area contributed by atoms with Crippen molar-refractivity contribution < 1.29 is 23.5 Å². The number of hydrogen-bond donors (Lipinski definition) is 2. The monoisotopic (exact) mass is 430 g/mol. The Kier molecular flexibility index (Phi) is 4.63. The van der Waals surface area contributed by atoms with Gasteiger partial charge in [0.25, 0.3) is 11.8 Å². The van der Waals surface area contributed by atoms with E-state index in [-0.39, 0.29) is 41.5 Å². The molecule has 0 aliphatic carbocycles. The first-order chi connectivity index (χ1) is 14.8. The van der Waals surface area contributed by atoms with E-state index in [9.17, 15) is 28.3 Å². The summed E-state index contributed by atoms with van der Waals surface area (Å²) in [6.45, 7) is 1.24. The topological polar surface area (TPSA) is 94.9 Å². The largest absolute Gasteiger partial charge is 0.391 e. The third-order valence-corrected chi connectivity index (χ3v) is 6.35. The van der Waals surface area contributed by atoms with Gasteiger partial charge >= 0.3 is 0 Å². The number of fused-ring (bicyclic) bond motifs is 4. The standard InChI is InChI=1S/C21H20F2N4O4/c22-12-2-1-11(14(23)5-12)7-24-20(30)13-8-25-10-19-26-4-3-17(28)16(26)9-27(19)21(31)15(25)6-18(13)29/h1-2,5-6,8,16-17,19,28H,3-4,7,9-10H2,(H,24,30)/t16-,17?,19+/m1/s1. The molecule has 10 heteroatoms. The maximum atomic E-state index is 13.8. The molecule has 0 bridgehead atoms. The Morgan fingerprint density at radius 2 is 2.00 bits per heavy atom. The van der Waals surface area contributed by atoms with Crippen molar-refractivity contribution in [1.82, 2.24) is 19.7 Å². The third-order valence-electron chi connectivity index (χ3n) is 6.35. The quantitative estimate of drug-likeness (QED) is 0.730. The molecule has 1 aromatic heterocycles. The third kappa shape index (κ3) is 3.22. The van der Waals surface area contributed by atoms with Crippen LogP contribution >= 0.6 is 0 Å². The Morgan fingerprint density at radius 3 is 2.77 bits per heavy atom. The number of carbonyl (C=O) groups excluding carboxylic acids is 2. The van der Waals surface area contributed by atoms with Crippen molar-refractivity contribution in [3.63, 3.8) is 0 Å². The number of aromatic nitrogens is 1. The summed E-state index contributed by atoms with van der Waals surface area (Å²) in [5.41, 5.74) is -0.500. The zero-order valence-corrected chi connectivity index (χ0v) is 16.4. The summed E-state index contributed by atoms with van der Waals surface area (Å²) in [6.07, 6.45) is 1.26. The van der Waals surface area contributed by atoms with Crippen molar-refractivity contribution in [3.05, 3.63) is 69.1 Å². The molecule has 3 atom stereocenters. The first-order valence-corrected chi connectivity index (χ1v) is 10.0. The van der Waals surface area contributed by atoms with Crippen molar-refractivity contribution in [2.45, 2.75) is 37.8 Å². The number of nitrogens with zero attached hydrogens (tertiary/aromatic N) is 3. The molecule has 0 radical (unpaired) electrons. The molecule has 3 aliphatic rings. The van der Waals surface area contributed by atoms with Gasteiger partial charge in [-0.05, 0) is 12.5 Å². The van der Waals surface area contributed by atoms with Crippen molar-refractivity contribution in [3.8, 4) is 0 Å². The van der Waals surface area contributed by atoms with Crippen molar-refractivity contribution in [1.29, 1.82) is 0 Å². The van der Waals surface area contributed by atoms with Gasteiger partial charge in [0, 0.05) is 43.5 Å². The number of rotatable bonds is 3. The molecule has 31 heavy (non-hydrogen) atoms. The fraction of sp³-hybridized carbons (Fsp3) is 0.381. The maximum absolute atomic E-state index is 13.8. The van der Waals surface area contributed by atoms with Gasteiger partial charge in [-0.2, -0.15) is 0 Å². The molecular formula is C21H20F2N4O4. The first kappa shape index (κ1) is 19.8. The van der Waals surface area contributed by atoms with E-state index in [4.69, 9.17) is 0 Å². The number of amides is 2. The number of aliphatic hydroxyl groups is 1. The highest BCUT2D eigenvalue weighted by molar-refractivity contribution is 5.97. The average molecular weight is 430 g/mol. The molecular weight excluding hydrogens is 410 g/mol. The number of aliphatic hydroxyl groups excluding tert-OH is 1. The summed E-state index contributed by atoms with van der Waals surface area (Å²) in [7, 11) is 0. The minimum Gasteiger partial charge on any atom is -0.391 e. The Bertz CT molecular complexity index is 1150. The van der Waals surface area contributed by atoms with Gasteiger partial charge in [0.2, 0.25) is 0 Å². The van der Waals surface area contributed by atoms with Gasteiger partial charge < -0.3 is 19.9 Å². The number of halogens is 2. The molecule has 162 valence electrons. The second-order valence-corrected chi connectivity index (χ2v) is 8.11. The zero-order valence-electron chi connectivity index (χ0n) is 16.4. The number of nitrogens with one attached hydrogen (secondary N) is 1. The van der Waals surface area contributed by atoms with Gasteiger partial charge in [0.1, 0.15) is 29.1 Å². The molecule has 2 saturated heterocycles. The molecule has 3 aliphatic heterocycles. The molecule has 2 amide bonds. The van der Waals surface area contributed by atoms with Crippen LogP contribution < -0.4 is 10.7 Å². The highest BCUT2D eigenvalue weighted by atomic mass is 19.1. The average Bonchev–Trinajstić information content (AvgIpc) is 3.28. The normalized spacial score (nSPS) is 24.7. The van der Waals surface area contributed by atoms with Crippen LogP contribution in [0.15, 0.2) is 35.3 Å². The van der Waals surface area contributed by atoms with E-state index < -0.39 is 29.1 Å². The van der Waals surface area contributed by atoms with Crippen LogP contribution in [0.5, 0.6) is 0 Å². The van der Waals surface area contributed by atoms with Gasteiger partial charge in [-0.15, -0.1) is 0 Å². The van der Waals surface area contributed by atoms with Crippen molar-refractivity contribution >= 4 is 11.8 Å². The molecule has 0 spiro atoms. The smallest absolute Gasteiger partial charge is 0.271 e. The number of hydrogen-bond acceptors (Lipinski definition) is 5. The fourth-order valence-electron chi connectivity index (χ4n) is 4.72. The number of benzene rings is 1.